The van der Waals surface area contributed by atoms with Crippen LogP contribution in [0.1, 0.15) is 50.2 Å². The number of benzene rings is 1. The number of carbonyl (C=O) groups excluding carboxylic acids is 1. The number of unbranched alkanes of at least 4 members (excludes halogenated alkanes) is 1. The molecule has 1 saturated heterocycles. The van der Waals surface area contributed by atoms with Gasteiger partial charge in [-0.1, -0.05) is 25.0 Å². The third kappa shape index (κ3) is 6.28. The largest absolute Gasteiger partial charge is 0.378 e. The average molecular weight is 322 g/mol. The average Bonchev–Trinajstić information content (AvgIpc) is 2.82. The Hall–Kier alpha value is -1.46. The topological polar surface area (TPSA) is 52.6 Å². The lowest BCUT2D eigenvalue weighted by Crippen LogP contribution is -2.31. The van der Waals surface area contributed by atoms with Crippen molar-refractivity contribution in [1.29, 1.82) is 0 Å². The van der Waals surface area contributed by atoms with Crippen LogP contribution >= 0.6 is 0 Å². The molecule has 128 valence electrons. The van der Waals surface area contributed by atoms with Crippen molar-refractivity contribution in [1.82, 2.24) is 10.2 Å². The summed E-state index contributed by atoms with van der Waals surface area (Å²) in [6.45, 7) is 3.98. The normalized spacial score (nSPS) is 17.5. The van der Waals surface area contributed by atoms with Gasteiger partial charge in [-0.2, -0.15) is 0 Å². The molecule has 1 atom stereocenters. The van der Waals surface area contributed by atoms with Crippen molar-refractivity contribution in [2.45, 2.75) is 44.6 Å². The van der Waals surface area contributed by atoms with Crippen LogP contribution in [0, 0.1) is 5.82 Å². The maximum absolute atomic E-state index is 13.1. The van der Waals surface area contributed by atoms with Gasteiger partial charge in [0, 0.05) is 6.54 Å². The fourth-order valence-electron chi connectivity index (χ4n) is 2.96. The SMILES string of the molecule is O=C(NCCCCN1CCCCCC1)[C@@H](O)c1cccc(F)c1. The molecule has 0 saturated carbocycles. The summed E-state index contributed by atoms with van der Waals surface area (Å²) in [5.41, 5.74) is 0.284. The Bertz CT molecular complexity index is 488. The van der Waals surface area contributed by atoms with Gasteiger partial charge in [-0.3, -0.25) is 4.79 Å². The molecule has 0 aromatic heterocycles. The highest BCUT2D eigenvalue weighted by molar-refractivity contribution is 5.81. The van der Waals surface area contributed by atoms with Crippen LogP contribution < -0.4 is 5.32 Å². The molecule has 1 aromatic rings. The lowest BCUT2D eigenvalue weighted by molar-refractivity contribution is -0.129. The van der Waals surface area contributed by atoms with Crippen molar-refractivity contribution < 1.29 is 14.3 Å². The standard InChI is InChI=1S/C18H27FN2O2/c19-16-9-7-8-15(14-16)17(22)18(23)20-10-3-6-13-21-11-4-1-2-5-12-21/h7-9,14,17,22H,1-6,10-13H2,(H,20,23)/t17-/m0/s1. The third-order valence-electron chi connectivity index (χ3n) is 4.31. The maximum Gasteiger partial charge on any atom is 0.253 e. The van der Waals surface area contributed by atoms with E-state index >= 15 is 0 Å². The zero-order chi connectivity index (χ0) is 16.5. The number of likely N-dealkylation sites (tertiary alicyclic amines) is 1. The van der Waals surface area contributed by atoms with Gasteiger partial charge < -0.3 is 15.3 Å². The lowest BCUT2D eigenvalue weighted by Gasteiger charge is -2.19. The highest BCUT2D eigenvalue weighted by Gasteiger charge is 2.17. The summed E-state index contributed by atoms with van der Waals surface area (Å²) in [5, 5.41) is 12.6. The lowest BCUT2D eigenvalue weighted by atomic mass is 10.1. The molecule has 0 unspecified atom stereocenters. The van der Waals surface area contributed by atoms with E-state index in [2.05, 4.69) is 10.2 Å². The Morgan fingerprint density at radius 2 is 1.96 bits per heavy atom. The van der Waals surface area contributed by atoms with Crippen molar-refractivity contribution in [3.8, 4) is 0 Å². The van der Waals surface area contributed by atoms with Crippen molar-refractivity contribution in [3.05, 3.63) is 35.6 Å². The number of aliphatic hydroxyl groups is 1. The number of amides is 1. The van der Waals surface area contributed by atoms with Crippen LogP contribution in [0.25, 0.3) is 0 Å². The van der Waals surface area contributed by atoms with Crippen molar-refractivity contribution in [2.75, 3.05) is 26.2 Å². The van der Waals surface area contributed by atoms with E-state index in [4.69, 9.17) is 0 Å². The first-order valence-electron chi connectivity index (χ1n) is 8.60. The molecule has 1 aromatic carbocycles. The molecule has 2 rings (SSSR count). The van der Waals surface area contributed by atoms with Gasteiger partial charge in [-0.05, 0) is 63.0 Å². The van der Waals surface area contributed by atoms with Gasteiger partial charge in [-0.15, -0.1) is 0 Å². The highest BCUT2D eigenvalue weighted by Crippen LogP contribution is 2.14. The molecule has 1 aliphatic rings. The number of hydrogen-bond acceptors (Lipinski definition) is 3. The number of aliphatic hydroxyl groups excluding tert-OH is 1. The Morgan fingerprint density at radius 1 is 1.22 bits per heavy atom. The van der Waals surface area contributed by atoms with E-state index in [9.17, 15) is 14.3 Å². The Kier molecular flexibility index (Phi) is 7.49. The summed E-state index contributed by atoms with van der Waals surface area (Å²) >= 11 is 0. The monoisotopic (exact) mass is 322 g/mol. The number of halogens is 1. The Morgan fingerprint density at radius 3 is 2.65 bits per heavy atom. The van der Waals surface area contributed by atoms with Gasteiger partial charge in [0.05, 0.1) is 0 Å². The second-order valence-corrected chi connectivity index (χ2v) is 6.21. The third-order valence-corrected chi connectivity index (χ3v) is 4.31. The van der Waals surface area contributed by atoms with Crippen molar-refractivity contribution >= 4 is 5.91 Å². The molecule has 2 N–H and O–H groups in total. The molecule has 1 heterocycles. The van der Waals surface area contributed by atoms with Gasteiger partial charge in [-0.25, -0.2) is 4.39 Å². The molecule has 1 aliphatic heterocycles. The van der Waals surface area contributed by atoms with E-state index < -0.39 is 17.8 Å². The predicted molar refractivity (Wildman–Crippen MR) is 88.5 cm³/mol. The molecule has 1 fully saturated rings. The molecular weight excluding hydrogens is 295 g/mol. The number of nitrogens with zero attached hydrogens (tertiary/aromatic N) is 1. The summed E-state index contributed by atoms with van der Waals surface area (Å²) in [7, 11) is 0. The molecule has 0 aliphatic carbocycles. The number of nitrogens with one attached hydrogen (secondary N) is 1. The Balaban J connectivity index is 1.62. The quantitative estimate of drug-likeness (QED) is 0.759. The van der Waals surface area contributed by atoms with Crippen LogP contribution in [0.15, 0.2) is 24.3 Å². The molecular formula is C18H27FN2O2. The van der Waals surface area contributed by atoms with Crippen LogP contribution in [0.3, 0.4) is 0 Å². The summed E-state index contributed by atoms with van der Waals surface area (Å²) in [5.74, 6) is -0.919. The zero-order valence-corrected chi connectivity index (χ0v) is 13.6. The Labute approximate surface area is 137 Å². The van der Waals surface area contributed by atoms with E-state index in [1.54, 1.807) is 6.07 Å². The van der Waals surface area contributed by atoms with Gasteiger partial charge in [0.1, 0.15) is 5.82 Å². The number of carbonyl (C=O) groups is 1. The minimum absolute atomic E-state index is 0.284. The van der Waals surface area contributed by atoms with E-state index in [1.807, 2.05) is 0 Å². The van der Waals surface area contributed by atoms with Crippen LogP contribution in [0.5, 0.6) is 0 Å². The molecule has 23 heavy (non-hydrogen) atoms. The van der Waals surface area contributed by atoms with Crippen molar-refractivity contribution in [2.24, 2.45) is 0 Å². The van der Waals surface area contributed by atoms with Crippen LogP contribution in [0.4, 0.5) is 4.39 Å². The summed E-state index contributed by atoms with van der Waals surface area (Å²) in [6, 6.07) is 5.51. The maximum atomic E-state index is 13.1. The van der Waals surface area contributed by atoms with Gasteiger partial charge in [0.25, 0.3) is 5.91 Å². The first-order chi connectivity index (χ1) is 11.2. The number of hydrogen-bond donors (Lipinski definition) is 2. The predicted octanol–water partition coefficient (Wildman–Crippen LogP) is 2.63. The second kappa shape index (κ2) is 9.63. The molecule has 5 heteroatoms. The molecule has 0 radical (unpaired) electrons. The summed E-state index contributed by atoms with van der Waals surface area (Å²) in [6.07, 6.45) is 5.87. The van der Waals surface area contributed by atoms with Gasteiger partial charge in [0.2, 0.25) is 0 Å². The first kappa shape index (κ1) is 17.9. The smallest absolute Gasteiger partial charge is 0.253 e. The van der Waals surface area contributed by atoms with Crippen LogP contribution in [0.2, 0.25) is 0 Å². The highest BCUT2D eigenvalue weighted by atomic mass is 19.1. The first-order valence-corrected chi connectivity index (χ1v) is 8.60. The minimum Gasteiger partial charge on any atom is -0.378 e. The molecule has 0 bridgehead atoms. The summed E-state index contributed by atoms with van der Waals surface area (Å²) < 4.78 is 13.1. The van der Waals surface area contributed by atoms with E-state index in [-0.39, 0.29) is 5.56 Å². The minimum atomic E-state index is -1.31. The molecule has 4 nitrogen and oxygen atoms in total. The van der Waals surface area contributed by atoms with Crippen LogP contribution in [-0.4, -0.2) is 42.1 Å². The fraction of sp³-hybridized carbons (Fsp3) is 0.611. The molecule has 0 spiro atoms. The van der Waals surface area contributed by atoms with E-state index in [1.165, 1.54) is 57.0 Å². The summed E-state index contributed by atoms with van der Waals surface area (Å²) in [4.78, 5) is 14.4. The van der Waals surface area contributed by atoms with Crippen LogP contribution in [-0.2, 0) is 4.79 Å². The zero-order valence-electron chi connectivity index (χ0n) is 13.6. The van der Waals surface area contributed by atoms with Crippen molar-refractivity contribution in [3.63, 3.8) is 0 Å². The van der Waals surface area contributed by atoms with Gasteiger partial charge >= 0.3 is 0 Å². The number of rotatable bonds is 7. The van der Waals surface area contributed by atoms with E-state index in [0.29, 0.717) is 6.54 Å². The van der Waals surface area contributed by atoms with E-state index in [0.717, 1.165) is 19.4 Å². The van der Waals surface area contributed by atoms with Gasteiger partial charge in [0.15, 0.2) is 6.10 Å². The second-order valence-electron chi connectivity index (χ2n) is 6.21. The molecule has 1 amide bonds. The fourth-order valence-corrected chi connectivity index (χ4v) is 2.96.